The van der Waals surface area contributed by atoms with Gasteiger partial charge in [-0.05, 0) is 37.1 Å². The first kappa shape index (κ1) is 18.1. The van der Waals surface area contributed by atoms with E-state index in [1.54, 1.807) is 17.0 Å². The second-order valence-corrected chi connectivity index (χ2v) is 7.58. The Morgan fingerprint density at radius 1 is 1.37 bits per heavy atom. The molecular weight excluding hydrogens is 412 g/mol. The van der Waals surface area contributed by atoms with Crippen LogP contribution in [0.15, 0.2) is 40.9 Å². The van der Waals surface area contributed by atoms with Crippen LogP contribution in [-0.2, 0) is 4.74 Å². The van der Waals surface area contributed by atoms with Crippen LogP contribution in [0.2, 0.25) is 0 Å². The summed E-state index contributed by atoms with van der Waals surface area (Å²) in [5, 5.41) is 13.5. The summed E-state index contributed by atoms with van der Waals surface area (Å²) in [6, 6.07) is 10.8. The smallest absolute Gasteiger partial charge is 0.257 e. The average Bonchev–Trinajstić information content (AvgIpc) is 3.17. The molecule has 2 atom stereocenters. The van der Waals surface area contributed by atoms with Gasteiger partial charge in [0.15, 0.2) is 11.5 Å². The topological polar surface area (TPSA) is 71.0 Å². The number of phenolic OH excluding ortho intramolecular Hbond substituents is 1. The van der Waals surface area contributed by atoms with Crippen molar-refractivity contribution in [2.24, 2.45) is 0 Å². The highest BCUT2D eigenvalue weighted by atomic mass is 79.9. The molecule has 0 radical (unpaired) electrons. The minimum atomic E-state index is -0.402. The lowest BCUT2D eigenvalue weighted by atomic mass is 10.0. The van der Waals surface area contributed by atoms with E-state index in [0.29, 0.717) is 22.3 Å². The number of hydrogen-bond acceptors (Lipinski definition) is 5. The molecule has 2 aliphatic rings. The average molecular weight is 433 g/mol. The number of halogens is 1. The van der Waals surface area contributed by atoms with Gasteiger partial charge in [0.1, 0.15) is 6.17 Å². The van der Waals surface area contributed by atoms with E-state index < -0.39 is 6.17 Å². The Morgan fingerprint density at radius 3 is 2.93 bits per heavy atom. The van der Waals surface area contributed by atoms with Crippen molar-refractivity contribution in [2.75, 3.05) is 25.6 Å². The lowest BCUT2D eigenvalue weighted by Gasteiger charge is -2.39. The second-order valence-electron chi connectivity index (χ2n) is 6.73. The zero-order valence-electron chi connectivity index (χ0n) is 14.9. The molecule has 0 saturated carbocycles. The first-order chi connectivity index (χ1) is 13.1. The Morgan fingerprint density at radius 2 is 2.19 bits per heavy atom. The Kier molecular flexibility index (Phi) is 4.97. The number of ether oxygens (including phenoxy) is 2. The molecule has 1 fully saturated rings. The number of anilines is 1. The molecule has 0 bridgehead atoms. The maximum Gasteiger partial charge on any atom is 0.257 e. The fraction of sp³-hybridized carbons (Fsp3) is 0.350. The molecule has 2 aromatic carbocycles. The van der Waals surface area contributed by atoms with Crippen molar-refractivity contribution < 1.29 is 19.4 Å². The van der Waals surface area contributed by atoms with E-state index in [0.717, 1.165) is 30.7 Å². The van der Waals surface area contributed by atoms with Gasteiger partial charge in [-0.25, -0.2) is 0 Å². The highest BCUT2D eigenvalue weighted by Crippen LogP contribution is 2.40. The van der Waals surface area contributed by atoms with Gasteiger partial charge in [-0.15, -0.1) is 0 Å². The molecule has 2 unspecified atom stereocenters. The SMILES string of the molecule is COc1cc(C2Nc3ccccc3C(=O)N2CC2CCCO2)c(Br)cc1O. The van der Waals surface area contributed by atoms with Crippen molar-refractivity contribution in [1.82, 2.24) is 4.90 Å². The quantitative estimate of drug-likeness (QED) is 0.765. The van der Waals surface area contributed by atoms with Gasteiger partial charge in [0, 0.05) is 28.9 Å². The number of carbonyl (C=O) groups is 1. The lowest BCUT2D eigenvalue weighted by molar-refractivity contribution is 0.0426. The Balaban J connectivity index is 1.77. The molecule has 0 spiro atoms. The number of aromatic hydroxyl groups is 1. The van der Waals surface area contributed by atoms with Crippen LogP contribution in [0.4, 0.5) is 5.69 Å². The molecule has 1 saturated heterocycles. The van der Waals surface area contributed by atoms with Crippen molar-refractivity contribution in [3.05, 3.63) is 52.0 Å². The highest BCUT2D eigenvalue weighted by molar-refractivity contribution is 9.10. The van der Waals surface area contributed by atoms with Crippen molar-refractivity contribution in [3.63, 3.8) is 0 Å². The molecule has 0 aromatic heterocycles. The molecule has 27 heavy (non-hydrogen) atoms. The van der Waals surface area contributed by atoms with Crippen molar-refractivity contribution in [1.29, 1.82) is 0 Å². The van der Waals surface area contributed by atoms with E-state index in [2.05, 4.69) is 21.2 Å². The fourth-order valence-electron chi connectivity index (χ4n) is 3.67. The number of para-hydroxylation sites is 1. The van der Waals surface area contributed by atoms with Gasteiger partial charge in [-0.3, -0.25) is 4.79 Å². The normalized spacial score (nSPS) is 21.7. The second kappa shape index (κ2) is 7.40. The first-order valence-electron chi connectivity index (χ1n) is 8.93. The number of hydrogen-bond donors (Lipinski definition) is 2. The number of methoxy groups -OCH3 is 1. The summed E-state index contributed by atoms with van der Waals surface area (Å²) in [6.07, 6.45) is 1.58. The third-order valence-corrected chi connectivity index (χ3v) is 5.73. The molecule has 0 aliphatic carbocycles. The molecule has 6 nitrogen and oxygen atoms in total. The minimum absolute atomic E-state index is 0.0290. The van der Waals surface area contributed by atoms with Crippen molar-refractivity contribution in [2.45, 2.75) is 25.1 Å². The zero-order valence-corrected chi connectivity index (χ0v) is 16.5. The van der Waals surface area contributed by atoms with Gasteiger partial charge >= 0.3 is 0 Å². The third kappa shape index (κ3) is 3.37. The summed E-state index contributed by atoms with van der Waals surface area (Å²) in [4.78, 5) is 15.1. The fourth-order valence-corrected chi connectivity index (χ4v) is 4.21. The summed E-state index contributed by atoms with van der Waals surface area (Å²) >= 11 is 3.52. The zero-order chi connectivity index (χ0) is 19.0. The molecule has 2 aromatic rings. The largest absolute Gasteiger partial charge is 0.504 e. The predicted octanol–water partition coefficient (Wildman–Crippen LogP) is 3.91. The van der Waals surface area contributed by atoms with E-state index in [4.69, 9.17) is 9.47 Å². The van der Waals surface area contributed by atoms with Crippen molar-refractivity contribution in [3.8, 4) is 11.5 Å². The number of amides is 1. The van der Waals surface area contributed by atoms with E-state index in [9.17, 15) is 9.90 Å². The number of nitrogens with zero attached hydrogens (tertiary/aromatic N) is 1. The summed E-state index contributed by atoms with van der Waals surface area (Å²) in [5.74, 6) is 0.364. The summed E-state index contributed by atoms with van der Waals surface area (Å²) in [5.41, 5.74) is 2.24. The van der Waals surface area contributed by atoms with Gasteiger partial charge in [-0.1, -0.05) is 28.1 Å². The maximum absolute atomic E-state index is 13.3. The molecular formula is C20H21BrN2O4. The van der Waals surface area contributed by atoms with Crippen LogP contribution in [-0.4, -0.2) is 42.3 Å². The van der Waals surface area contributed by atoms with Gasteiger partial charge in [0.25, 0.3) is 5.91 Å². The van der Waals surface area contributed by atoms with E-state index in [-0.39, 0.29) is 17.8 Å². The van der Waals surface area contributed by atoms with Crippen LogP contribution in [0.25, 0.3) is 0 Å². The van der Waals surface area contributed by atoms with Crippen LogP contribution in [0.1, 0.15) is 34.9 Å². The Labute approximate surface area is 166 Å². The first-order valence-corrected chi connectivity index (χ1v) is 9.72. The van der Waals surface area contributed by atoms with Crippen LogP contribution in [0.5, 0.6) is 11.5 Å². The molecule has 2 heterocycles. The van der Waals surface area contributed by atoms with Crippen molar-refractivity contribution >= 4 is 27.5 Å². The van der Waals surface area contributed by atoms with E-state index >= 15 is 0 Å². The van der Waals surface area contributed by atoms with Gasteiger partial charge < -0.3 is 24.8 Å². The van der Waals surface area contributed by atoms with Crippen LogP contribution in [0, 0.1) is 0 Å². The molecule has 4 rings (SSSR count). The number of carbonyl (C=O) groups excluding carboxylic acids is 1. The van der Waals surface area contributed by atoms with Gasteiger partial charge in [0.2, 0.25) is 0 Å². The molecule has 142 valence electrons. The van der Waals surface area contributed by atoms with Gasteiger partial charge in [-0.2, -0.15) is 0 Å². The summed E-state index contributed by atoms with van der Waals surface area (Å²) in [6.45, 7) is 1.23. The minimum Gasteiger partial charge on any atom is -0.504 e. The monoisotopic (exact) mass is 432 g/mol. The van der Waals surface area contributed by atoms with Crippen LogP contribution < -0.4 is 10.1 Å². The molecule has 1 amide bonds. The van der Waals surface area contributed by atoms with Crippen LogP contribution >= 0.6 is 15.9 Å². The third-order valence-electron chi connectivity index (χ3n) is 5.04. The predicted molar refractivity (Wildman–Crippen MR) is 105 cm³/mol. The molecule has 2 aliphatic heterocycles. The highest BCUT2D eigenvalue weighted by Gasteiger charge is 2.36. The standard InChI is InChI=1S/C20H21BrN2O4/c1-26-18-9-14(15(21)10-17(18)24)19-22-16-7-3-2-6-13(16)20(25)23(19)11-12-5-4-8-27-12/h2-3,6-7,9-10,12,19,22,24H,4-5,8,11H2,1H3. The number of fused-ring (bicyclic) bond motifs is 1. The van der Waals surface area contributed by atoms with Gasteiger partial charge in [0.05, 0.1) is 18.8 Å². The Hall–Kier alpha value is -2.25. The van der Waals surface area contributed by atoms with E-state index in [1.165, 1.54) is 7.11 Å². The number of benzene rings is 2. The van der Waals surface area contributed by atoms with Crippen LogP contribution in [0.3, 0.4) is 0 Å². The Bertz CT molecular complexity index is 867. The summed E-state index contributed by atoms with van der Waals surface area (Å²) in [7, 11) is 1.51. The summed E-state index contributed by atoms with van der Waals surface area (Å²) < 4.78 is 11.7. The number of nitrogens with one attached hydrogen (secondary N) is 1. The number of rotatable bonds is 4. The molecule has 7 heteroatoms. The lowest BCUT2D eigenvalue weighted by Crippen LogP contribution is -2.46. The molecule has 2 N–H and O–H groups in total. The maximum atomic E-state index is 13.3. The van der Waals surface area contributed by atoms with E-state index in [1.807, 2.05) is 24.3 Å². The number of phenols is 1.